The number of benzene rings is 1. The molecular formula is C19H22ClN9O3. The van der Waals surface area contributed by atoms with E-state index in [2.05, 4.69) is 47.6 Å². The molecule has 32 heavy (non-hydrogen) atoms. The Morgan fingerprint density at radius 3 is 2.91 bits per heavy atom. The Kier molecular flexibility index (Phi) is 6.32. The van der Waals surface area contributed by atoms with Crippen LogP contribution in [0.25, 0.3) is 5.82 Å². The number of likely N-dealkylation sites (tertiary alicyclic amines) is 1. The summed E-state index contributed by atoms with van der Waals surface area (Å²) in [6, 6.07) is 4.50. The van der Waals surface area contributed by atoms with E-state index < -0.39 is 5.91 Å². The molecule has 12 nitrogen and oxygen atoms in total. The van der Waals surface area contributed by atoms with Gasteiger partial charge in [0.05, 0.1) is 11.9 Å². The number of rotatable bonds is 6. The number of nitrogens with two attached hydrogens (primary N) is 1. The highest BCUT2D eigenvalue weighted by Gasteiger charge is 2.26. The first-order valence-electron chi connectivity index (χ1n) is 9.99. The van der Waals surface area contributed by atoms with Crippen LogP contribution >= 0.6 is 11.6 Å². The second-order valence-electron chi connectivity index (χ2n) is 7.63. The van der Waals surface area contributed by atoms with Gasteiger partial charge in [0.25, 0.3) is 5.91 Å². The fraction of sp³-hybridized carbons (Fsp3) is 0.368. The van der Waals surface area contributed by atoms with Gasteiger partial charge in [0, 0.05) is 17.1 Å². The van der Waals surface area contributed by atoms with E-state index in [1.54, 1.807) is 6.07 Å². The minimum absolute atomic E-state index is 0.0210. The molecule has 4 rings (SSSR count). The summed E-state index contributed by atoms with van der Waals surface area (Å²) in [5, 5.41) is 29.6. The van der Waals surface area contributed by atoms with E-state index in [0.717, 1.165) is 25.9 Å². The molecule has 1 aromatic carbocycles. The van der Waals surface area contributed by atoms with Crippen molar-refractivity contribution in [3.8, 4) is 11.6 Å². The van der Waals surface area contributed by atoms with Crippen LogP contribution in [0.1, 0.15) is 41.5 Å². The minimum Gasteiger partial charge on any atom is -0.507 e. The van der Waals surface area contributed by atoms with Gasteiger partial charge in [0.1, 0.15) is 5.75 Å². The number of aromatic hydroxyl groups is 1. The van der Waals surface area contributed by atoms with Crippen molar-refractivity contribution >= 4 is 29.5 Å². The standard InChI is InChI=1S/C19H22ClN9O3/c1-11-4-6-28(7-5-11)10-14-16(23-27-29(14)18-17(21)25-32-26-18)19(31)24-22-9-12-8-13(20)2-3-15(12)30/h2-3,8-9,11,30H,4-7,10H2,1H3,(H2,21,25)(H,24,31). The summed E-state index contributed by atoms with van der Waals surface area (Å²) >= 11 is 5.93. The molecule has 0 aliphatic carbocycles. The van der Waals surface area contributed by atoms with Crippen LogP contribution in [0.5, 0.6) is 5.75 Å². The molecule has 4 N–H and O–H groups in total. The third kappa shape index (κ3) is 4.70. The number of nitrogens with one attached hydrogen (secondary N) is 1. The van der Waals surface area contributed by atoms with Crippen molar-refractivity contribution in [3.63, 3.8) is 0 Å². The van der Waals surface area contributed by atoms with Crippen molar-refractivity contribution in [2.75, 3.05) is 18.8 Å². The van der Waals surface area contributed by atoms with Crippen molar-refractivity contribution < 1.29 is 14.5 Å². The Balaban J connectivity index is 1.57. The largest absolute Gasteiger partial charge is 0.507 e. The monoisotopic (exact) mass is 459 g/mol. The molecule has 13 heteroatoms. The predicted octanol–water partition coefficient (Wildman–Crippen LogP) is 1.59. The van der Waals surface area contributed by atoms with Crippen LogP contribution in [0.15, 0.2) is 27.9 Å². The first-order chi connectivity index (χ1) is 15.4. The van der Waals surface area contributed by atoms with E-state index in [0.29, 0.717) is 28.7 Å². The molecule has 0 bridgehead atoms. The van der Waals surface area contributed by atoms with Gasteiger partial charge in [-0.1, -0.05) is 23.7 Å². The van der Waals surface area contributed by atoms with Gasteiger partial charge < -0.3 is 10.8 Å². The van der Waals surface area contributed by atoms with Gasteiger partial charge in [-0.2, -0.15) is 9.78 Å². The van der Waals surface area contributed by atoms with Crippen LogP contribution in [-0.2, 0) is 6.54 Å². The number of hydrogen-bond acceptors (Lipinski definition) is 10. The summed E-state index contributed by atoms with van der Waals surface area (Å²) in [6.07, 6.45) is 3.41. The van der Waals surface area contributed by atoms with Crippen LogP contribution in [0.3, 0.4) is 0 Å². The van der Waals surface area contributed by atoms with Gasteiger partial charge in [0.2, 0.25) is 11.6 Å². The summed E-state index contributed by atoms with van der Waals surface area (Å²) in [4.78, 5) is 15.0. The highest BCUT2D eigenvalue weighted by Crippen LogP contribution is 2.22. The summed E-state index contributed by atoms with van der Waals surface area (Å²) in [7, 11) is 0. The second-order valence-corrected chi connectivity index (χ2v) is 8.07. The van der Waals surface area contributed by atoms with Crippen LogP contribution in [0, 0.1) is 5.92 Å². The summed E-state index contributed by atoms with van der Waals surface area (Å²) in [5.74, 6) is 0.246. The van der Waals surface area contributed by atoms with Crippen molar-refractivity contribution in [2.45, 2.75) is 26.3 Å². The number of hydrogen-bond donors (Lipinski definition) is 3. The molecule has 0 radical (unpaired) electrons. The number of anilines is 1. The number of hydrazone groups is 1. The zero-order valence-electron chi connectivity index (χ0n) is 17.3. The second kappa shape index (κ2) is 9.32. The molecule has 1 saturated heterocycles. The first kappa shape index (κ1) is 21.7. The molecule has 0 atom stereocenters. The lowest BCUT2D eigenvalue weighted by Gasteiger charge is -2.30. The average Bonchev–Trinajstić information content (AvgIpc) is 3.37. The number of aromatic nitrogens is 5. The van der Waals surface area contributed by atoms with Crippen LogP contribution in [-0.4, -0.2) is 60.5 Å². The molecule has 3 aromatic rings. The van der Waals surface area contributed by atoms with Crippen LogP contribution < -0.4 is 11.2 Å². The Bertz CT molecular complexity index is 1140. The lowest BCUT2D eigenvalue weighted by atomic mass is 9.99. The van der Waals surface area contributed by atoms with Crippen LogP contribution in [0.4, 0.5) is 5.82 Å². The zero-order chi connectivity index (χ0) is 22.7. The number of halogens is 1. The molecule has 168 valence electrons. The summed E-state index contributed by atoms with van der Waals surface area (Å²) < 4.78 is 6.03. The topological polar surface area (TPSA) is 161 Å². The van der Waals surface area contributed by atoms with Gasteiger partial charge in [-0.15, -0.1) is 5.10 Å². The molecular weight excluding hydrogens is 438 g/mol. The Labute approximate surface area is 188 Å². The Hall–Kier alpha value is -3.51. The molecule has 1 fully saturated rings. The predicted molar refractivity (Wildman–Crippen MR) is 115 cm³/mol. The van der Waals surface area contributed by atoms with Gasteiger partial charge in [-0.25, -0.2) is 10.1 Å². The highest BCUT2D eigenvalue weighted by molar-refractivity contribution is 6.30. The number of phenols is 1. The van der Waals surface area contributed by atoms with Crippen molar-refractivity contribution in [1.29, 1.82) is 0 Å². The number of carbonyl (C=O) groups is 1. The molecule has 1 aliphatic rings. The summed E-state index contributed by atoms with van der Waals surface area (Å²) in [6.45, 7) is 4.39. The number of phenolic OH excluding ortho intramolecular Hbond substituents is 1. The molecule has 0 saturated carbocycles. The number of piperidine rings is 1. The van der Waals surface area contributed by atoms with E-state index in [-0.39, 0.29) is 23.1 Å². The lowest BCUT2D eigenvalue weighted by molar-refractivity contribution is 0.0946. The van der Waals surface area contributed by atoms with Gasteiger partial charge in [-0.05, 0) is 60.4 Å². The quantitative estimate of drug-likeness (QED) is 0.367. The molecule has 1 aliphatic heterocycles. The van der Waals surface area contributed by atoms with Crippen molar-refractivity contribution in [2.24, 2.45) is 11.0 Å². The maximum absolute atomic E-state index is 12.8. The molecule has 0 unspecified atom stereocenters. The first-order valence-corrected chi connectivity index (χ1v) is 10.4. The molecule has 0 spiro atoms. The average molecular weight is 460 g/mol. The number of amides is 1. The Morgan fingerprint density at radius 2 is 2.19 bits per heavy atom. The van der Waals surface area contributed by atoms with Gasteiger partial charge in [0.15, 0.2) is 5.69 Å². The third-order valence-corrected chi connectivity index (χ3v) is 5.52. The maximum atomic E-state index is 12.8. The zero-order valence-corrected chi connectivity index (χ0v) is 18.0. The number of nitrogen functional groups attached to an aromatic ring is 1. The number of nitrogens with zero attached hydrogens (tertiary/aromatic N) is 7. The molecule has 1 amide bonds. The molecule has 2 aromatic heterocycles. The maximum Gasteiger partial charge on any atom is 0.293 e. The lowest BCUT2D eigenvalue weighted by Crippen LogP contribution is -2.34. The van der Waals surface area contributed by atoms with E-state index >= 15 is 0 Å². The van der Waals surface area contributed by atoms with E-state index in [9.17, 15) is 9.90 Å². The normalized spacial score (nSPS) is 15.4. The fourth-order valence-electron chi connectivity index (χ4n) is 3.40. The Morgan fingerprint density at radius 1 is 1.41 bits per heavy atom. The smallest absolute Gasteiger partial charge is 0.293 e. The summed E-state index contributed by atoms with van der Waals surface area (Å²) in [5.41, 5.74) is 9.13. The highest BCUT2D eigenvalue weighted by atomic mass is 35.5. The minimum atomic E-state index is -0.579. The van der Waals surface area contributed by atoms with E-state index in [1.165, 1.54) is 23.0 Å². The van der Waals surface area contributed by atoms with Crippen molar-refractivity contribution in [1.82, 2.24) is 35.6 Å². The number of carbonyl (C=O) groups excluding carboxylic acids is 1. The SMILES string of the molecule is CC1CCN(Cc2c(C(=O)NN=Cc3cc(Cl)ccc3O)nnn2-c2nonc2N)CC1. The van der Waals surface area contributed by atoms with E-state index in [4.69, 9.17) is 17.3 Å². The van der Waals surface area contributed by atoms with Gasteiger partial charge >= 0.3 is 0 Å². The van der Waals surface area contributed by atoms with E-state index in [1.807, 2.05) is 0 Å². The third-order valence-electron chi connectivity index (χ3n) is 5.28. The fourth-order valence-corrected chi connectivity index (χ4v) is 3.58. The van der Waals surface area contributed by atoms with Crippen molar-refractivity contribution in [3.05, 3.63) is 40.2 Å². The molecule has 3 heterocycles. The van der Waals surface area contributed by atoms with Gasteiger partial charge in [-0.3, -0.25) is 9.69 Å². The van der Waals surface area contributed by atoms with Crippen LogP contribution in [0.2, 0.25) is 5.02 Å².